The summed E-state index contributed by atoms with van der Waals surface area (Å²) in [6, 6.07) is 19.6. The number of nitrogens with zero attached hydrogens (tertiary/aromatic N) is 3. The van der Waals surface area contributed by atoms with Gasteiger partial charge in [0.25, 0.3) is 0 Å². The van der Waals surface area contributed by atoms with Gasteiger partial charge in [0.1, 0.15) is 13.2 Å². The Labute approximate surface area is 215 Å². The Hall–Kier alpha value is -2.51. The third-order valence-electron chi connectivity index (χ3n) is 6.82. The highest BCUT2D eigenvalue weighted by atomic mass is 31.0. The standard InChI is InChI=1S/C27H36N3O5P/c1-20-13-30(36)24(15-29(20)27(32)35-19-23-11-7-4-8-12-23)14-28-16-25(33-17-21(28)2)26(31)34-18-22-9-5-3-6-10-22/h3-12,20-21,24-25H,13-19,36H2,1-2H3/t20-,21-,24+,25?/m1/s1. The minimum absolute atomic E-state index is 0.0323. The normalized spacial score (nSPS) is 25.4. The maximum Gasteiger partial charge on any atom is 0.410 e. The van der Waals surface area contributed by atoms with E-state index < -0.39 is 6.10 Å². The number of hydrogen-bond donors (Lipinski definition) is 0. The van der Waals surface area contributed by atoms with Crippen LogP contribution in [0.1, 0.15) is 25.0 Å². The summed E-state index contributed by atoms with van der Waals surface area (Å²) >= 11 is 0. The number of rotatable bonds is 7. The average molecular weight is 514 g/mol. The summed E-state index contributed by atoms with van der Waals surface area (Å²) in [6.07, 6.45) is -0.927. The Morgan fingerprint density at radius 2 is 1.50 bits per heavy atom. The maximum atomic E-state index is 12.9. The van der Waals surface area contributed by atoms with Crippen LogP contribution >= 0.6 is 9.39 Å². The summed E-state index contributed by atoms with van der Waals surface area (Å²) in [5, 5.41) is 0. The second-order valence-electron chi connectivity index (χ2n) is 9.61. The molecule has 2 saturated heterocycles. The molecule has 0 bridgehead atoms. The quantitative estimate of drug-likeness (QED) is 0.416. The van der Waals surface area contributed by atoms with Gasteiger partial charge in [0.05, 0.1) is 6.61 Å². The number of carbonyl (C=O) groups is 2. The second-order valence-corrected chi connectivity index (χ2v) is 10.3. The first-order chi connectivity index (χ1) is 17.4. The molecule has 2 fully saturated rings. The molecule has 9 heteroatoms. The monoisotopic (exact) mass is 513 g/mol. The van der Waals surface area contributed by atoms with E-state index in [1.807, 2.05) is 72.5 Å². The smallest absolute Gasteiger partial charge is 0.410 e. The summed E-state index contributed by atoms with van der Waals surface area (Å²) in [4.78, 5) is 29.7. The fourth-order valence-corrected chi connectivity index (χ4v) is 5.07. The number of ether oxygens (including phenoxy) is 3. The van der Waals surface area contributed by atoms with Gasteiger partial charge in [-0.15, -0.1) is 0 Å². The molecule has 0 aromatic heterocycles. The molecule has 4 rings (SSSR count). The highest BCUT2D eigenvalue weighted by Gasteiger charge is 2.38. The largest absolute Gasteiger partial charge is 0.459 e. The van der Waals surface area contributed by atoms with Gasteiger partial charge in [-0.3, -0.25) is 9.57 Å². The summed E-state index contributed by atoms with van der Waals surface area (Å²) in [5.41, 5.74) is 1.91. The van der Waals surface area contributed by atoms with E-state index >= 15 is 0 Å². The van der Waals surface area contributed by atoms with E-state index in [-0.39, 0.29) is 43.4 Å². The molecule has 2 unspecified atom stereocenters. The maximum absolute atomic E-state index is 12.9. The molecule has 0 spiro atoms. The summed E-state index contributed by atoms with van der Waals surface area (Å²) in [5.74, 6) is -0.345. The molecular weight excluding hydrogens is 477 g/mol. The predicted molar refractivity (Wildman–Crippen MR) is 140 cm³/mol. The van der Waals surface area contributed by atoms with Crippen LogP contribution in [0.5, 0.6) is 0 Å². The third kappa shape index (κ3) is 7.04. The van der Waals surface area contributed by atoms with Crippen molar-refractivity contribution in [3.05, 3.63) is 71.8 Å². The first kappa shape index (κ1) is 26.6. The number of hydrogen-bond acceptors (Lipinski definition) is 7. The molecule has 2 aliphatic heterocycles. The Balaban J connectivity index is 1.31. The van der Waals surface area contributed by atoms with Crippen LogP contribution in [0, 0.1) is 0 Å². The van der Waals surface area contributed by atoms with Gasteiger partial charge in [0, 0.05) is 44.3 Å². The van der Waals surface area contributed by atoms with E-state index in [2.05, 4.69) is 25.9 Å². The van der Waals surface area contributed by atoms with Gasteiger partial charge in [-0.25, -0.2) is 9.59 Å². The molecule has 36 heavy (non-hydrogen) atoms. The van der Waals surface area contributed by atoms with Crippen LogP contribution < -0.4 is 0 Å². The van der Waals surface area contributed by atoms with Crippen LogP contribution in [-0.4, -0.2) is 83.5 Å². The first-order valence-electron chi connectivity index (χ1n) is 12.5. The molecular formula is C27H36N3O5P. The van der Waals surface area contributed by atoms with E-state index in [1.165, 1.54) is 0 Å². The molecule has 0 saturated carbocycles. The predicted octanol–water partition coefficient (Wildman–Crippen LogP) is 3.32. The zero-order valence-electron chi connectivity index (χ0n) is 21.0. The summed E-state index contributed by atoms with van der Waals surface area (Å²) in [7, 11) is 2.80. The van der Waals surface area contributed by atoms with Crippen molar-refractivity contribution in [3.8, 4) is 0 Å². The van der Waals surface area contributed by atoms with Crippen LogP contribution in [-0.2, 0) is 32.2 Å². The first-order valence-corrected chi connectivity index (χ1v) is 13.0. The average Bonchev–Trinajstić information content (AvgIpc) is 2.89. The Morgan fingerprint density at radius 3 is 2.14 bits per heavy atom. The molecule has 0 radical (unpaired) electrons. The van der Waals surface area contributed by atoms with Gasteiger partial charge in [0.15, 0.2) is 6.10 Å². The van der Waals surface area contributed by atoms with Gasteiger partial charge >= 0.3 is 12.1 Å². The van der Waals surface area contributed by atoms with Gasteiger partial charge < -0.3 is 19.1 Å². The third-order valence-corrected chi connectivity index (χ3v) is 7.45. The highest BCUT2D eigenvalue weighted by Crippen LogP contribution is 2.23. The van der Waals surface area contributed by atoms with E-state index in [1.54, 1.807) is 0 Å². The van der Waals surface area contributed by atoms with Gasteiger partial charge in [-0.1, -0.05) is 70.1 Å². The van der Waals surface area contributed by atoms with Crippen molar-refractivity contribution in [1.82, 2.24) is 14.5 Å². The zero-order valence-corrected chi connectivity index (χ0v) is 22.1. The zero-order chi connectivity index (χ0) is 25.5. The number of esters is 1. The molecule has 0 N–H and O–H groups in total. The van der Waals surface area contributed by atoms with Crippen molar-refractivity contribution in [3.63, 3.8) is 0 Å². The molecule has 2 heterocycles. The highest BCUT2D eigenvalue weighted by molar-refractivity contribution is 7.13. The minimum Gasteiger partial charge on any atom is -0.459 e. The number of amides is 1. The Morgan fingerprint density at radius 1 is 0.889 bits per heavy atom. The molecule has 8 nitrogen and oxygen atoms in total. The van der Waals surface area contributed by atoms with Crippen LogP contribution in [0.4, 0.5) is 4.79 Å². The van der Waals surface area contributed by atoms with Crippen molar-refractivity contribution < 1.29 is 23.8 Å². The summed E-state index contributed by atoms with van der Waals surface area (Å²) < 4.78 is 19.1. The molecule has 0 aliphatic carbocycles. The molecule has 2 aromatic carbocycles. The van der Waals surface area contributed by atoms with Crippen molar-refractivity contribution in [2.75, 3.05) is 32.8 Å². The topological polar surface area (TPSA) is 71.5 Å². The molecule has 1 amide bonds. The van der Waals surface area contributed by atoms with Gasteiger partial charge in [0.2, 0.25) is 0 Å². The Kier molecular flexibility index (Phi) is 9.32. The lowest BCUT2D eigenvalue weighted by Gasteiger charge is -2.46. The van der Waals surface area contributed by atoms with Gasteiger partial charge in [-0.2, -0.15) is 0 Å². The lowest BCUT2D eigenvalue weighted by Crippen LogP contribution is -2.61. The van der Waals surface area contributed by atoms with Crippen LogP contribution in [0.15, 0.2) is 60.7 Å². The molecule has 2 aliphatic rings. The molecule has 2 aromatic rings. The number of carbonyl (C=O) groups excluding carboxylic acids is 2. The summed E-state index contributed by atoms with van der Waals surface area (Å²) in [6.45, 7) is 7.49. The van der Waals surface area contributed by atoms with Crippen molar-refractivity contribution in [2.24, 2.45) is 0 Å². The molecule has 5 atom stereocenters. The van der Waals surface area contributed by atoms with Gasteiger partial charge in [-0.05, 0) is 25.0 Å². The molecule has 194 valence electrons. The number of piperazine rings is 1. The van der Waals surface area contributed by atoms with E-state index in [4.69, 9.17) is 14.2 Å². The van der Waals surface area contributed by atoms with Crippen molar-refractivity contribution >= 4 is 21.5 Å². The van der Waals surface area contributed by atoms with Crippen molar-refractivity contribution in [1.29, 1.82) is 0 Å². The SMILES string of the molecule is C[C@@H]1COC(C(=O)OCc2ccccc2)CN1C[C@H]1CN(C(=O)OCc2ccccc2)[C@H](C)CN1P. The number of benzene rings is 2. The van der Waals surface area contributed by atoms with E-state index in [9.17, 15) is 9.59 Å². The second kappa shape index (κ2) is 12.6. The van der Waals surface area contributed by atoms with Crippen LogP contribution in [0.2, 0.25) is 0 Å². The van der Waals surface area contributed by atoms with E-state index in [0.29, 0.717) is 26.2 Å². The van der Waals surface area contributed by atoms with Crippen LogP contribution in [0.3, 0.4) is 0 Å². The van der Waals surface area contributed by atoms with Crippen LogP contribution in [0.25, 0.3) is 0 Å². The minimum atomic E-state index is -0.627. The lowest BCUT2D eigenvalue weighted by molar-refractivity contribution is -0.167. The fourth-order valence-electron chi connectivity index (χ4n) is 4.58. The Bertz CT molecular complexity index is 995. The fraction of sp³-hybridized carbons (Fsp3) is 0.481. The lowest BCUT2D eigenvalue weighted by atomic mass is 10.1. The van der Waals surface area contributed by atoms with Crippen molar-refractivity contribution in [2.45, 2.75) is 51.3 Å². The van der Waals surface area contributed by atoms with E-state index in [0.717, 1.165) is 17.7 Å². The number of morpholine rings is 1.